The summed E-state index contributed by atoms with van der Waals surface area (Å²) < 4.78 is 10.0. The summed E-state index contributed by atoms with van der Waals surface area (Å²) in [4.78, 5) is 23.9. The van der Waals surface area contributed by atoms with E-state index < -0.39 is 0 Å². The van der Waals surface area contributed by atoms with E-state index in [4.69, 9.17) is 9.47 Å². The van der Waals surface area contributed by atoms with E-state index in [1.165, 1.54) is 38.5 Å². The first-order chi connectivity index (χ1) is 13.4. The summed E-state index contributed by atoms with van der Waals surface area (Å²) in [7, 11) is 2.90. The Balaban J connectivity index is 1.88. The molecule has 28 heavy (non-hydrogen) atoms. The molecule has 2 rings (SSSR count). The Kier molecular flexibility index (Phi) is 7.39. The average molecular weight is 382 g/mol. The number of ketones is 2. The number of carbonyl (C=O) groups excluding carboxylic acids is 2. The van der Waals surface area contributed by atoms with Gasteiger partial charge in [0.25, 0.3) is 0 Å². The second-order valence-corrected chi connectivity index (χ2v) is 5.99. The molecule has 0 fully saturated rings. The van der Waals surface area contributed by atoms with Gasteiger partial charge in [0.05, 0.1) is 20.6 Å². The largest absolute Gasteiger partial charge is 0.504 e. The van der Waals surface area contributed by atoms with Crippen molar-refractivity contribution in [2.24, 2.45) is 0 Å². The third-order valence-corrected chi connectivity index (χ3v) is 3.92. The normalized spacial score (nSPS) is 11.1. The van der Waals surface area contributed by atoms with E-state index in [0.29, 0.717) is 23.5 Å². The first kappa shape index (κ1) is 20.8. The standard InChI is InChI=1S/C22H22O6/c1-27-21-12-15(7-10-19(21)25)4-3-5-17(23)14-18(24)9-6-16-8-11-20(26)22(13-16)28-2/h3,5-13,25-26H,4,14H2,1-2H3/b5-3+,9-6+. The lowest BCUT2D eigenvalue weighted by molar-refractivity contribution is -0.121. The maximum Gasteiger partial charge on any atom is 0.163 e. The Labute approximate surface area is 163 Å². The highest BCUT2D eigenvalue weighted by Gasteiger charge is 2.05. The predicted molar refractivity (Wildman–Crippen MR) is 106 cm³/mol. The maximum absolute atomic E-state index is 11.9. The number of carbonyl (C=O) groups is 2. The van der Waals surface area contributed by atoms with E-state index in [9.17, 15) is 19.8 Å². The van der Waals surface area contributed by atoms with Crippen LogP contribution in [-0.2, 0) is 16.0 Å². The molecule has 2 N–H and O–H groups in total. The zero-order chi connectivity index (χ0) is 20.5. The van der Waals surface area contributed by atoms with Crippen LogP contribution in [0.15, 0.2) is 54.6 Å². The molecule has 0 aromatic heterocycles. The van der Waals surface area contributed by atoms with Gasteiger partial charge in [-0.25, -0.2) is 0 Å². The number of methoxy groups -OCH3 is 2. The molecule has 0 amide bonds. The average Bonchev–Trinajstić information content (AvgIpc) is 2.68. The first-order valence-electron chi connectivity index (χ1n) is 8.56. The highest BCUT2D eigenvalue weighted by molar-refractivity contribution is 6.09. The molecule has 6 nitrogen and oxygen atoms in total. The third kappa shape index (κ3) is 6.02. The number of phenolic OH excluding ortho intramolecular Hbond substituents is 2. The smallest absolute Gasteiger partial charge is 0.163 e. The number of allylic oxidation sites excluding steroid dienone is 3. The van der Waals surface area contributed by atoms with E-state index in [-0.39, 0.29) is 29.5 Å². The van der Waals surface area contributed by atoms with Crippen LogP contribution in [0.25, 0.3) is 6.08 Å². The minimum absolute atomic E-state index is 0.0116. The van der Waals surface area contributed by atoms with Gasteiger partial charge in [0.1, 0.15) is 0 Å². The van der Waals surface area contributed by atoms with Gasteiger partial charge in [-0.15, -0.1) is 0 Å². The number of aromatic hydroxyl groups is 2. The number of benzene rings is 2. The van der Waals surface area contributed by atoms with Gasteiger partial charge in [-0.05, 0) is 54.0 Å². The number of rotatable bonds is 9. The molecular weight excluding hydrogens is 360 g/mol. The Morgan fingerprint density at radius 1 is 0.893 bits per heavy atom. The number of hydrogen-bond donors (Lipinski definition) is 2. The van der Waals surface area contributed by atoms with Gasteiger partial charge in [-0.1, -0.05) is 24.3 Å². The molecule has 0 atom stereocenters. The van der Waals surface area contributed by atoms with Gasteiger partial charge < -0.3 is 19.7 Å². The van der Waals surface area contributed by atoms with E-state index in [1.807, 2.05) is 0 Å². The molecule has 2 aromatic rings. The van der Waals surface area contributed by atoms with Gasteiger partial charge in [0, 0.05) is 0 Å². The van der Waals surface area contributed by atoms with E-state index in [1.54, 1.807) is 36.4 Å². The van der Waals surface area contributed by atoms with Crippen molar-refractivity contribution in [3.63, 3.8) is 0 Å². The fourth-order valence-corrected chi connectivity index (χ4v) is 2.45. The first-order valence-corrected chi connectivity index (χ1v) is 8.56. The molecule has 0 saturated carbocycles. The van der Waals surface area contributed by atoms with E-state index in [0.717, 1.165) is 5.56 Å². The molecule has 0 heterocycles. The van der Waals surface area contributed by atoms with Crippen LogP contribution >= 0.6 is 0 Å². The fraction of sp³-hybridized carbons (Fsp3) is 0.182. The summed E-state index contributed by atoms with van der Waals surface area (Å²) >= 11 is 0. The van der Waals surface area contributed by atoms with Crippen LogP contribution in [0, 0.1) is 0 Å². The van der Waals surface area contributed by atoms with Gasteiger partial charge in [-0.3, -0.25) is 9.59 Å². The topological polar surface area (TPSA) is 93.1 Å². The molecule has 0 aliphatic carbocycles. The van der Waals surface area contributed by atoms with Gasteiger partial charge in [0.15, 0.2) is 34.6 Å². The van der Waals surface area contributed by atoms with Crippen LogP contribution < -0.4 is 9.47 Å². The maximum atomic E-state index is 11.9. The molecule has 2 aromatic carbocycles. The number of phenols is 2. The quantitative estimate of drug-likeness (QED) is 0.510. The van der Waals surface area contributed by atoms with Crippen LogP contribution in [0.5, 0.6) is 23.0 Å². The van der Waals surface area contributed by atoms with Crippen molar-refractivity contribution in [1.82, 2.24) is 0 Å². The molecule has 0 aliphatic heterocycles. The summed E-state index contributed by atoms with van der Waals surface area (Å²) in [6, 6.07) is 9.63. The monoisotopic (exact) mass is 382 g/mol. The van der Waals surface area contributed by atoms with Crippen molar-refractivity contribution in [1.29, 1.82) is 0 Å². The zero-order valence-electron chi connectivity index (χ0n) is 15.7. The van der Waals surface area contributed by atoms with Crippen molar-refractivity contribution in [3.8, 4) is 23.0 Å². The molecule has 0 aliphatic rings. The minimum Gasteiger partial charge on any atom is -0.504 e. The van der Waals surface area contributed by atoms with Crippen LogP contribution in [0.4, 0.5) is 0 Å². The Morgan fingerprint density at radius 3 is 2.18 bits per heavy atom. The van der Waals surface area contributed by atoms with Gasteiger partial charge >= 0.3 is 0 Å². The molecule has 0 saturated heterocycles. The lowest BCUT2D eigenvalue weighted by atomic mass is 10.1. The Hall–Kier alpha value is -3.54. The molecule has 0 radical (unpaired) electrons. The van der Waals surface area contributed by atoms with E-state index >= 15 is 0 Å². The van der Waals surface area contributed by atoms with Crippen LogP contribution in [0.3, 0.4) is 0 Å². The second-order valence-electron chi connectivity index (χ2n) is 5.99. The van der Waals surface area contributed by atoms with E-state index in [2.05, 4.69) is 0 Å². The van der Waals surface area contributed by atoms with Crippen molar-refractivity contribution >= 4 is 17.6 Å². The van der Waals surface area contributed by atoms with Crippen LogP contribution in [-0.4, -0.2) is 36.0 Å². The fourth-order valence-electron chi connectivity index (χ4n) is 2.45. The van der Waals surface area contributed by atoms with Crippen molar-refractivity contribution in [2.45, 2.75) is 12.8 Å². The molecule has 146 valence electrons. The Bertz CT molecular complexity index is 911. The van der Waals surface area contributed by atoms with Crippen molar-refractivity contribution in [3.05, 3.63) is 65.8 Å². The second kappa shape index (κ2) is 9.97. The zero-order valence-corrected chi connectivity index (χ0v) is 15.7. The van der Waals surface area contributed by atoms with Crippen LogP contribution in [0.1, 0.15) is 17.5 Å². The molecule has 0 spiro atoms. The van der Waals surface area contributed by atoms with Crippen molar-refractivity contribution in [2.75, 3.05) is 14.2 Å². The van der Waals surface area contributed by atoms with Crippen LogP contribution in [0.2, 0.25) is 0 Å². The summed E-state index contributed by atoms with van der Waals surface area (Å²) in [6.07, 6.45) is 6.15. The molecule has 0 unspecified atom stereocenters. The lowest BCUT2D eigenvalue weighted by Gasteiger charge is -2.04. The number of ether oxygens (including phenoxy) is 2. The third-order valence-electron chi connectivity index (χ3n) is 3.92. The predicted octanol–water partition coefficient (Wildman–Crippen LogP) is 3.46. The highest BCUT2D eigenvalue weighted by Crippen LogP contribution is 2.27. The highest BCUT2D eigenvalue weighted by atomic mass is 16.5. The molecular formula is C22H22O6. The number of hydrogen-bond acceptors (Lipinski definition) is 6. The molecule has 0 bridgehead atoms. The van der Waals surface area contributed by atoms with Gasteiger partial charge in [-0.2, -0.15) is 0 Å². The lowest BCUT2D eigenvalue weighted by Crippen LogP contribution is -2.02. The summed E-state index contributed by atoms with van der Waals surface area (Å²) in [5.74, 6) is 0.104. The minimum atomic E-state index is -0.326. The molecule has 6 heteroatoms. The summed E-state index contributed by atoms with van der Waals surface area (Å²) in [6.45, 7) is 0. The van der Waals surface area contributed by atoms with Crippen molar-refractivity contribution < 1.29 is 29.3 Å². The summed E-state index contributed by atoms with van der Waals surface area (Å²) in [5.41, 5.74) is 1.54. The Morgan fingerprint density at radius 2 is 1.50 bits per heavy atom. The summed E-state index contributed by atoms with van der Waals surface area (Å²) in [5, 5.41) is 19.1. The SMILES string of the molecule is COc1cc(/C=C/C(=O)CC(=O)/C=C/Cc2ccc(O)c(OC)c2)ccc1O. The van der Waals surface area contributed by atoms with Gasteiger partial charge in [0.2, 0.25) is 0 Å².